The fraction of sp³-hybridized carbons (Fsp3) is 0.600. The van der Waals surface area contributed by atoms with Crippen molar-refractivity contribution in [3.8, 4) is 5.75 Å². The van der Waals surface area contributed by atoms with Gasteiger partial charge in [0.2, 0.25) is 0 Å². The first-order chi connectivity index (χ1) is 9.82. The first kappa shape index (κ1) is 17.9. The Balaban J connectivity index is 2.40. The predicted octanol–water partition coefficient (Wildman–Crippen LogP) is 1.35. The van der Waals surface area contributed by atoms with E-state index in [2.05, 4.69) is 0 Å². The molecule has 0 aliphatic rings. The largest absolute Gasteiger partial charge is 0.491 e. The maximum absolute atomic E-state index is 11.8. The van der Waals surface area contributed by atoms with Crippen molar-refractivity contribution < 1.29 is 18.3 Å². The Morgan fingerprint density at radius 1 is 1.24 bits per heavy atom. The Hall–Kier alpha value is -1.11. The monoisotopic (exact) mass is 315 g/mol. The molecule has 0 radical (unpaired) electrons. The van der Waals surface area contributed by atoms with E-state index in [1.165, 1.54) is 0 Å². The summed E-state index contributed by atoms with van der Waals surface area (Å²) < 4.78 is 29.0. The van der Waals surface area contributed by atoms with Crippen LogP contribution >= 0.6 is 0 Å². The smallest absolute Gasteiger partial charge is 0.152 e. The number of aliphatic hydroxyl groups is 1. The number of nitrogens with two attached hydrogens (primary N) is 1. The third kappa shape index (κ3) is 7.45. The molecular formula is C15H25NO4S. The van der Waals surface area contributed by atoms with E-state index in [4.69, 9.17) is 10.5 Å². The van der Waals surface area contributed by atoms with Crippen molar-refractivity contribution in [1.29, 1.82) is 0 Å². The van der Waals surface area contributed by atoms with Crippen LogP contribution in [0, 0.1) is 5.92 Å². The van der Waals surface area contributed by atoms with Crippen LogP contribution in [0.25, 0.3) is 0 Å². The van der Waals surface area contributed by atoms with Gasteiger partial charge in [0.25, 0.3) is 0 Å². The van der Waals surface area contributed by atoms with Crippen molar-refractivity contribution in [2.75, 3.05) is 18.1 Å². The van der Waals surface area contributed by atoms with Gasteiger partial charge in [-0.05, 0) is 30.0 Å². The van der Waals surface area contributed by atoms with E-state index in [-0.39, 0.29) is 18.1 Å². The minimum Gasteiger partial charge on any atom is -0.491 e. The zero-order valence-corrected chi connectivity index (χ0v) is 13.5. The highest BCUT2D eigenvalue weighted by Crippen LogP contribution is 2.12. The summed E-state index contributed by atoms with van der Waals surface area (Å²) >= 11 is 0. The lowest BCUT2D eigenvalue weighted by Crippen LogP contribution is -2.28. The van der Waals surface area contributed by atoms with Gasteiger partial charge in [-0.2, -0.15) is 0 Å². The Morgan fingerprint density at radius 3 is 2.38 bits per heavy atom. The first-order valence-electron chi connectivity index (χ1n) is 7.12. The lowest BCUT2D eigenvalue weighted by molar-refractivity contribution is 0.125. The van der Waals surface area contributed by atoms with Crippen molar-refractivity contribution >= 4 is 9.84 Å². The summed E-state index contributed by atoms with van der Waals surface area (Å²) in [6.07, 6.45) is -0.410. The molecule has 0 amide bonds. The van der Waals surface area contributed by atoms with Gasteiger partial charge in [0.15, 0.2) is 9.84 Å². The molecule has 0 bridgehead atoms. The van der Waals surface area contributed by atoms with Gasteiger partial charge in [-0.1, -0.05) is 26.0 Å². The predicted molar refractivity (Wildman–Crippen MR) is 83.9 cm³/mol. The van der Waals surface area contributed by atoms with Crippen molar-refractivity contribution in [3.05, 3.63) is 29.8 Å². The molecule has 0 saturated carbocycles. The highest BCUT2D eigenvalue weighted by Gasteiger charge is 2.18. The standard InChI is InChI=1S/C15H25NO4S/c1-12(2)7-8-21(18,19)11-14(17)10-20-15-5-3-13(9-16)4-6-15/h3-6,12,14,17H,7-11,16H2,1-2H3. The molecule has 0 aromatic heterocycles. The van der Waals surface area contributed by atoms with E-state index in [1.807, 2.05) is 26.0 Å². The molecule has 0 spiro atoms. The Labute approximate surface area is 127 Å². The van der Waals surface area contributed by atoms with Gasteiger partial charge < -0.3 is 15.6 Å². The van der Waals surface area contributed by atoms with Gasteiger partial charge in [0.05, 0.1) is 11.5 Å². The molecule has 1 aromatic carbocycles. The minimum atomic E-state index is -3.24. The van der Waals surface area contributed by atoms with Crippen LogP contribution in [0.3, 0.4) is 0 Å². The number of rotatable bonds is 9. The van der Waals surface area contributed by atoms with E-state index < -0.39 is 15.9 Å². The molecule has 6 heteroatoms. The topological polar surface area (TPSA) is 89.6 Å². The number of benzene rings is 1. The summed E-state index contributed by atoms with van der Waals surface area (Å²) in [5, 5.41) is 9.79. The molecule has 0 fully saturated rings. The van der Waals surface area contributed by atoms with Crippen LogP contribution in [-0.2, 0) is 16.4 Å². The highest BCUT2D eigenvalue weighted by molar-refractivity contribution is 7.91. The van der Waals surface area contributed by atoms with Crippen LogP contribution in [0.5, 0.6) is 5.75 Å². The molecule has 21 heavy (non-hydrogen) atoms. The number of hydrogen-bond donors (Lipinski definition) is 2. The van der Waals surface area contributed by atoms with Gasteiger partial charge in [0, 0.05) is 6.54 Å². The van der Waals surface area contributed by atoms with Crippen LogP contribution in [0.15, 0.2) is 24.3 Å². The lowest BCUT2D eigenvalue weighted by atomic mass is 10.2. The zero-order valence-electron chi connectivity index (χ0n) is 12.7. The fourth-order valence-electron chi connectivity index (χ4n) is 1.75. The SMILES string of the molecule is CC(C)CCS(=O)(=O)CC(O)COc1ccc(CN)cc1. The zero-order chi connectivity index (χ0) is 15.9. The molecule has 0 aliphatic heterocycles. The van der Waals surface area contributed by atoms with Gasteiger partial charge in [-0.15, -0.1) is 0 Å². The second-order valence-corrected chi connectivity index (χ2v) is 7.84. The number of hydrogen-bond acceptors (Lipinski definition) is 5. The van der Waals surface area contributed by atoms with E-state index in [0.29, 0.717) is 24.6 Å². The van der Waals surface area contributed by atoms with Crippen LogP contribution in [0.1, 0.15) is 25.8 Å². The van der Waals surface area contributed by atoms with Gasteiger partial charge >= 0.3 is 0 Å². The molecule has 0 saturated heterocycles. The molecule has 1 rings (SSSR count). The van der Waals surface area contributed by atoms with Crippen LogP contribution in [0.2, 0.25) is 0 Å². The van der Waals surface area contributed by atoms with Crippen molar-refractivity contribution in [2.45, 2.75) is 32.9 Å². The summed E-state index contributed by atoms with van der Waals surface area (Å²) in [6.45, 7) is 4.36. The summed E-state index contributed by atoms with van der Waals surface area (Å²) in [7, 11) is -3.24. The van der Waals surface area contributed by atoms with Crippen LogP contribution in [-0.4, -0.2) is 37.7 Å². The maximum atomic E-state index is 11.8. The lowest BCUT2D eigenvalue weighted by Gasteiger charge is -2.13. The fourth-order valence-corrected chi connectivity index (χ4v) is 3.43. The van der Waals surface area contributed by atoms with E-state index in [9.17, 15) is 13.5 Å². The average molecular weight is 315 g/mol. The molecule has 1 aromatic rings. The van der Waals surface area contributed by atoms with E-state index >= 15 is 0 Å². The third-order valence-electron chi connectivity index (χ3n) is 3.05. The Morgan fingerprint density at radius 2 is 1.86 bits per heavy atom. The van der Waals surface area contributed by atoms with Crippen molar-refractivity contribution in [2.24, 2.45) is 11.7 Å². The molecule has 1 unspecified atom stereocenters. The van der Waals surface area contributed by atoms with Crippen molar-refractivity contribution in [3.63, 3.8) is 0 Å². The molecule has 120 valence electrons. The van der Waals surface area contributed by atoms with Crippen LogP contribution in [0.4, 0.5) is 0 Å². The van der Waals surface area contributed by atoms with Crippen molar-refractivity contribution in [1.82, 2.24) is 0 Å². The van der Waals surface area contributed by atoms with Crippen LogP contribution < -0.4 is 10.5 Å². The summed E-state index contributed by atoms with van der Waals surface area (Å²) in [4.78, 5) is 0. The summed E-state index contributed by atoms with van der Waals surface area (Å²) in [6, 6.07) is 7.17. The molecule has 3 N–H and O–H groups in total. The normalized spacial score (nSPS) is 13.4. The minimum absolute atomic E-state index is 0.0388. The number of sulfone groups is 1. The second kappa shape index (κ2) is 8.36. The molecule has 0 heterocycles. The quantitative estimate of drug-likeness (QED) is 0.718. The average Bonchev–Trinajstić information content (AvgIpc) is 2.43. The summed E-state index contributed by atoms with van der Waals surface area (Å²) in [5.74, 6) is 0.758. The van der Waals surface area contributed by atoms with E-state index in [1.54, 1.807) is 12.1 Å². The second-order valence-electron chi connectivity index (χ2n) is 5.61. The molecular weight excluding hydrogens is 290 g/mol. The molecule has 0 aliphatic carbocycles. The maximum Gasteiger partial charge on any atom is 0.152 e. The summed E-state index contributed by atoms with van der Waals surface area (Å²) in [5.41, 5.74) is 6.48. The van der Waals surface area contributed by atoms with Gasteiger partial charge in [-0.3, -0.25) is 0 Å². The third-order valence-corrected chi connectivity index (χ3v) is 4.80. The number of ether oxygens (including phenoxy) is 1. The first-order valence-corrected chi connectivity index (χ1v) is 8.95. The molecule has 5 nitrogen and oxygen atoms in total. The highest BCUT2D eigenvalue weighted by atomic mass is 32.2. The number of aliphatic hydroxyl groups excluding tert-OH is 1. The van der Waals surface area contributed by atoms with E-state index in [0.717, 1.165) is 5.56 Å². The Kier molecular flexibility index (Phi) is 7.14. The molecule has 1 atom stereocenters. The Bertz CT molecular complexity index is 511. The van der Waals surface area contributed by atoms with Gasteiger partial charge in [0.1, 0.15) is 18.5 Å². The van der Waals surface area contributed by atoms with Gasteiger partial charge in [-0.25, -0.2) is 8.42 Å².